The molecule has 234 valence electrons. The molecule has 3 fully saturated rings. The van der Waals surface area contributed by atoms with Gasteiger partial charge in [0.15, 0.2) is 6.61 Å². The summed E-state index contributed by atoms with van der Waals surface area (Å²) in [5, 5.41) is 4.22. The van der Waals surface area contributed by atoms with E-state index in [0.717, 1.165) is 21.9 Å². The van der Waals surface area contributed by atoms with Crippen LogP contribution in [0.4, 0.5) is 11.4 Å². The number of thioether (sulfide) groups is 1. The van der Waals surface area contributed by atoms with Crippen molar-refractivity contribution < 1.29 is 23.9 Å². The van der Waals surface area contributed by atoms with Crippen LogP contribution in [0.1, 0.15) is 22.8 Å². The Morgan fingerprint density at radius 3 is 2.43 bits per heavy atom. The summed E-state index contributed by atoms with van der Waals surface area (Å²) < 4.78 is 11.3. The number of carbonyl (C=O) groups excluding carboxylic acids is 3. The number of carbonyl (C=O) groups is 3. The highest BCUT2D eigenvalue weighted by Gasteiger charge is 2.69. The minimum atomic E-state index is -0.432. The summed E-state index contributed by atoms with van der Waals surface area (Å²) in [6.45, 7) is -0.214. The SMILES string of the molecule is COc1ccc(NC(=O)COc2ccccc2[C@@H]2c3sc(=O)[nH]c3S[C@@H]3[C@@H]4C[C@@H]([C@@H]5C(=O)N(c6ccc(Cl)cc6)C(=O)[C@@H]45)[C@H]23)cc1. The maximum absolute atomic E-state index is 14.0. The highest BCUT2D eigenvalue weighted by molar-refractivity contribution is 8.00. The highest BCUT2D eigenvalue weighted by Crippen LogP contribution is 2.69. The van der Waals surface area contributed by atoms with Crippen LogP contribution < -0.4 is 24.6 Å². The van der Waals surface area contributed by atoms with Gasteiger partial charge in [0, 0.05) is 32.3 Å². The minimum Gasteiger partial charge on any atom is -0.497 e. The summed E-state index contributed by atoms with van der Waals surface area (Å²) in [4.78, 5) is 58.6. The van der Waals surface area contributed by atoms with Crippen LogP contribution in [0, 0.1) is 29.6 Å². The number of nitrogens with zero attached hydrogens (tertiary/aromatic N) is 1. The lowest BCUT2D eigenvalue weighted by atomic mass is 9.68. The number of ether oxygens (including phenoxy) is 2. The van der Waals surface area contributed by atoms with Crippen molar-refractivity contribution in [2.75, 3.05) is 23.9 Å². The van der Waals surface area contributed by atoms with Crippen LogP contribution >= 0.6 is 34.7 Å². The Morgan fingerprint density at radius 1 is 0.978 bits per heavy atom. The molecule has 4 aliphatic rings. The second-order valence-corrected chi connectivity index (χ2v) is 14.7. The molecule has 1 saturated heterocycles. The fourth-order valence-electron chi connectivity index (χ4n) is 8.09. The summed E-state index contributed by atoms with van der Waals surface area (Å²) in [6.07, 6.45) is 0.770. The van der Waals surface area contributed by atoms with Gasteiger partial charge >= 0.3 is 4.87 Å². The zero-order valence-electron chi connectivity index (χ0n) is 24.5. The molecule has 0 spiro atoms. The predicted molar refractivity (Wildman–Crippen MR) is 176 cm³/mol. The third kappa shape index (κ3) is 4.66. The number of hydrogen-bond donors (Lipinski definition) is 2. The lowest BCUT2D eigenvalue weighted by Gasteiger charge is -2.43. The molecule has 2 aliphatic heterocycles. The molecule has 9 nitrogen and oxygen atoms in total. The summed E-state index contributed by atoms with van der Waals surface area (Å²) in [5.74, 6) is -0.549. The fraction of sp³-hybridized carbons (Fsp3) is 0.294. The highest BCUT2D eigenvalue weighted by atomic mass is 35.5. The summed E-state index contributed by atoms with van der Waals surface area (Å²) in [7, 11) is 1.58. The second kappa shape index (κ2) is 11.3. The number of halogens is 1. The van der Waals surface area contributed by atoms with Crippen LogP contribution in [0.15, 0.2) is 82.6 Å². The van der Waals surface area contributed by atoms with Gasteiger partial charge in [-0.15, -0.1) is 11.8 Å². The lowest BCUT2D eigenvalue weighted by Crippen LogP contribution is -2.42. The number of hydrogen-bond acceptors (Lipinski definition) is 8. The molecule has 2 saturated carbocycles. The summed E-state index contributed by atoms with van der Waals surface area (Å²) in [5.41, 5.74) is 2.02. The Balaban J connectivity index is 1.10. The number of H-pyrrole nitrogens is 1. The van der Waals surface area contributed by atoms with E-state index in [1.165, 1.54) is 16.2 Å². The number of aromatic nitrogens is 1. The molecule has 2 bridgehead atoms. The number of imide groups is 1. The van der Waals surface area contributed by atoms with E-state index in [4.69, 9.17) is 21.1 Å². The van der Waals surface area contributed by atoms with Crippen molar-refractivity contribution in [1.29, 1.82) is 0 Å². The fourth-order valence-corrected chi connectivity index (χ4v) is 11.1. The van der Waals surface area contributed by atoms with Crippen molar-refractivity contribution >= 4 is 63.8 Å². The van der Waals surface area contributed by atoms with Gasteiger partial charge in [0.1, 0.15) is 11.5 Å². The molecule has 3 amide bonds. The van der Waals surface area contributed by atoms with Crippen molar-refractivity contribution in [3.63, 3.8) is 0 Å². The molecule has 2 N–H and O–H groups in total. The average molecular weight is 674 g/mol. The summed E-state index contributed by atoms with van der Waals surface area (Å²) >= 11 is 8.90. The third-order valence-electron chi connectivity index (χ3n) is 9.80. The van der Waals surface area contributed by atoms with Crippen molar-refractivity contribution in [2.45, 2.75) is 22.6 Å². The van der Waals surface area contributed by atoms with Gasteiger partial charge in [-0.05, 0) is 78.8 Å². The van der Waals surface area contributed by atoms with E-state index in [-0.39, 0.29) is 58.1 Å². The van der Waals surface area contributed by atoms with Crippen molar-refractivity contribution in [1.82, 2.24) is 4.98 Å². The normalized spacial score (nSPS) is 27.3. The van der Waals surface area contributed by atoms with Gasteiger partial charge in [0.05, 0.1) is 29.7 Å². The van der Waals surface area contributed by atoms with Gasteiger partial charge in [-0.3, -0.25) is 24.1 Å². The number of nitrogens with one attached hydrogen (secondary N) is 2. The number of rotatable bonds is 7. The van der Waals surface area contributed by atoms with E-state index in [9.17, 15) is 19.2 Å². The van der Waals surface area contributed by atoms with E-state index in [0.29, 0.717) is 27.9 Å². The van der Waals surface area contributed by atoms with Crippen molar-refractivity contribution in [3.05, 3.63) is 97.9 Å². The first kappa shape index (κ1) is 29.3. The minimum absolute atomic E-state index is 0.00464. The summed E-state index contributed by atoms with van der Waals surface area (Å²) in [6, 6.07) is 21.4. The molecule has 4 aromatic rings. The zero-order valence-corrected chi connectivity index (χ0v) is 26.9. The quantitative estimate of drug-likeness (QED) is 0.238. The van der Waals surface area contributed by atoms with Crippen LogP contribution in [0.5, 0.6) is 11.5 Å². The van der Waals surface area contributed by atoms with Crippen LogP contribution in [0.25, 0.3) is 0 Å². The first-order chi connectivity index (χ1) is 22.3. The molecular weight excluding hydrogens is 646 g/mol. The maximum atomic E-state index is 14.0. The molecule has 3 aromatic carbocycles. The topological polar surface area (TPSA) is 118 Å². The molecule has 7 atom stereocenters. The monoisotopic (exact) mass is 673 g/mol. The lowest BCUT2D eigenvalue weighted by molar-refractivity contribution is -0.123. The van der Waals surface area contributed by atoms with Gasteiger partial charge < -0.3 is 19.8 Å². The van der Waals surface area contributed by atoms with E-state index in [1.54, 1.807) is 67.4 Å². The number of aromatic amines is 1. The van der Waals surface area contributed by atoms with E-state index >= 15 is 0 Å². The van der Waals surface area contributed by atoms with E-state index < -0.39 is 11.8 Å². The molecule has 3 heterocycles. The molecule has 0 radical (unpaired) electrons. The van der Waals surface area contributed by atoms with Crippen LogP contribution in [-0.4, -0.2) is 41.7 Å². The first-order valence-corrected chi connectivity index (χ1v) is 17.1. The van der Waals surface area contributed by atoms with Gasteiger partial charge in [0.2, 0.25) is 11.8 Å². The number of methoxy groups -OCH3 is 1. The molecule has 0 unspecified atom stereocenters. The van der Waals surface area contributed by atoms with Crippen LogP contribution in [-0.2, 0) is 14.4 Å². The van der Waals surface area contributed by atoms with Crippen LogP contribution in [0.3, 0.4) is 0 Å². The van der Waals surface area contributed by atoms with E-state index in [1.807, 2.05) is 24.3 Å². The van der Waals surface area contributed by atoms with Crippen molar-refractivity contribution in [3.8, 4) is 11.5 Å². The number of para-hydroxylation sites is 1. The zero-order chi connectivity index (χ0) is 31.7. The molecular formula is C34H28ClN3O6S2. The molecule has 12 heteroatoms. The number of thiazole rings is 1. The average Bonchev–Trinajstić information content (AvgIpc) is 3.80. The standard InChI is InChI=1S/C34H28ClN3O6S2/c1-43-19-12-8-17(9-13-19)36-24(39)15-44-23-5-3-2-4-20(23)25-26-21-14-22(29(26)45-31-30(25)46-34(42)37-31)28-27(21)32(40)38(33(28)41)18-10-6-16(35)7-11-18/h2-13,21-22,25-29H,14-15H2,1H3,(H,36,39)(H,37,42)/t21-,22-,25+,26-,27+,28+,29-/m1/s1. The maximum Gasteiger partial charge on any atom is 0.305 e. The first-order valence-electron chi connectivity index (χ1n) is 15.0. The predicted octanol–water partition coefficient (Wildman–Crippen LogP) is 5.79. The second-order valence-electron chi connectivity index (χ2n) is 12.1. The Kier molecular flexibility index (Phi) is 7.23. The third-order valence-corrected chi connectivity index (χ3v) is 12.6. The van der Waals surface area contributed by atoms with Gasteiger partial charge in [-0.25, -0.2) is 0 Å². The Morgan fingerprint density at radius 2 is 1.70 bits per heavy atom. The van der Waals surface area contributed by atoms with Gasteiger partial charge in [-0.2, -0.15) is 0 Å². The molecule has 2 aliphatic carbocycles. The number of amides is 3. The molecule has 46 heavy (non-hydrogen) atoms. The van der Waals surface area contributed by atoms with Crippen LogP contribution in [0.2, 0.25) is 5.02 Å². The molecule has 1 aromatic heterocycles. The number of fused-ring (bicyclic) bond motifs is 9. The van der Waals surface area contributed by atoms with Crippen molar-refractivity contribution in [2.24, 2.45) is 29.6 Å². The Bertz CT molecular complexity index is 1930. The molecule has 8 rings (SSSR count). The largest absolute Gasteiger partial charge is 0.497 e. The van der Waals surface area contributed by atoms with Gasteiger partial charge in [-0.1, -0.05) is 41.1 Å². The van der Waals surface area contributed by atoms with Gasteiger partial charge in [0.25, 0.3) is 5.91 Å². The van der Waals surface area contributed by atoms with E-state index in [2.05, 4.69) is 10.3 Å². The Labute approximate surface area is 277 Å². The number of anilines is 2. The smallest absolute Gasteiger partial charge is 0.305 e. The number of benzene rings is 3. The Hall–Kier alpha value is -4.06.